The zero-order chi connectivity index (χ0) is 6.69. The van der Waals surface area contributed by atoms with Crippen molar-refractivity contribution in [1.82, 2.24) is 4.90 Å². The smallest absolute Gasteiger partial charge is 0.228 e. The second kappa shape index (κ2) is 2.62. The molecule has 0 bridgehead atoms. The molecule has 1 heterocycles. The summed E-state index contributed by atoms with van der Waals surface area (Å²) in [6.45, 7) is 0.613. The Balaban J connectivity index is 2.48. The lowest BCUT2D eigenvalue weighted by Gasteiger charge is -2.19. The van der Waals surface area contributed by atoms with Crippen LogP contribution in [0.15, 0.2) is 0 Å². The Labute approximate surface area is 53.6 Å². The Hall–Kier alpha value is -0.860. The van der Waals surface area contributed by atoms with Gasteiger partial charge in [0.25, 0.3) is 0 Å². The van der Waals surface area contributed by atoms with E-state index in [1.54, 1.807) is 0 Å². The Morgan fingerprint density at radius 1 is 1.44 bits per heavy atom. The Morgan fingerprint density at radius 3 is 2.67 bits per heavy atom. The third-order valence-electron chi connectivity index (χ3n) is 1.49. The van der Waals surface area contributed by atoms with Gasteiger partial charge in [0, 0.05) is 13.0 Å². The molecule has 0 atom stereocenters. The minimum atomic E-state index is -0.0312. The molecule has 9 heavy (non-hydrogen) atoms. The van der Waals surface area contributed by atoms with E-state index in [1.165, 1.54) is 4.90 Å². The molecule has 0 unspecified atom stereocenters. The Bertz CT molecular complexity index is 133. The first-order valence-corrected chi connectivity index (χ1v) is 3.09. The number of hydrogen-bond acceptors (Lipinski definition) is 2. The summed E-state index contributed by atoms with van der Waals surface area (Å²) in [5, 5.41) is 0. The normalized spacial score (nSPS) is 20.0. The SMILES string of the molecule is O=CN1CCCCC1=O. The second-order valence-corrected chi connectivity index (χ2v) is 2.15. The van der Waals surface area contributed by atoms with Gasteiger partial charge in [-0.2, -0.15) is 0 Å². The van der Waals surface area contributed by atoms with Gasteiger partial charge in [0.1, 0.15) is 0 Å². The summed E-state index contributed by atoms with van der Waals surface area (Å²) in [6, 6.07) is 0. The van der Waals surface area contributed by atoms with Crippen LogP contribution in [0.25, 0.3) is 0 Å². The van der Waals surface area contributed by atoms with Crippen LogP contribution in [0.5, 0.6) is 0 Å². The number of likely N-dealkylation sites (tertiary alicyclic amines) is 1. The van der Waals surface area contributed by atoms with Crippen molar-refractivity contribution in [2.45, 2.75) is 19.3 Å². The topological polar surface area (TPSA) is 37.4 Å². The summed E-state index contributed by atoms with van der Waals surface area (Å²) < 4.78 is 0. The predicted octanol–water partition coefficient (Wildman–Crippen LogP) is 0.155. The lowest BCUT2D eigenvalue weighted by Crippen LogP contribution is -2.33. The van der Waals surface area contributed by atoms with Gasteiger partial charge in [0.2, 0.25) is 12.3 Å². The molecule has 1 rings (SSSR count). The minimum Gasteiger partial charge on any atom is -0.285 e. The highest BCUT2D eigenvalue weighted by atomic mass is 16.2. The lowest BCUT2D eigenvalue weighted by atomic mass is 10.1. The van der Waals surface area contributed by atoms with E-state index in [1.807, 2.05) is 0 Å². The number of imide groups is 1. The van der Waals surface area contributed by atoms with E-state index in [9.17, 15) is 9.59 Å². The van der Waals surface area contributed by atoms with Crippen molar-refractivity contribution in [1.29, 1.82) is 0 Å². The number of rotatable bonds is 1. The first-order valence-electron chi connectivity index (χ1n) is 3.09. The summed E-state index contributed by atoms with van der Waals surface area (Å²) in [6.07, 6.45) is 3.05. The average Bonchev–Trinajstić information content (AvgIpc) is 1.89. The van der Waals surface area contributed by atoms with Gasteiger partial charge in [0.15, 0.2) is 0 Å². The van der Waals surface area contributed by atoms with Gasteiger partial charge in [-0.3, -0.25) is 14.5 Å². The van der Waals surface area contributed by atoms with Gasteiger partial charge in [-0.05, 0) is 12.8 Å². The van der Waals surface area contributed by atoms with E-state index in [4.69, 9.17) is 0 Å². The van der Waals surface area contributed by atoms with E-state index in [0.29, 0.717) is 19.4 Å². The van der Waals surface area contributed by atoms with Crippen LogP contribution in [0.2, 0.25) is 0 Å². The summed E-state index contributed by atoms with van der Waals surface area (Å²) in [4.78, 5) is 22.0. The van der Waals surface area contributed by atoms with Gasteiger partial charge in [0.05, 0.1) is 0 Å². The fourth-order valence-electron chi connectivity index (χ4n) is 0.938. The summed E-state index contributed by atoms with van der Waals surface area (Å²) in [5.41, 5.74) is 0. The van der Waals surface area contributed by atoms with Gasteiger partial charge in [-0.1, -0.05) is 0 Å². The van der Waals surface area contributed by atoms with Crippen LogP contribution in [0.3, 0.4) is 0 Å². The Kier molecular flexibility index (Phi) is 1.82. The molecule has 2 amide bonds. The van der Waals surface area contributed by atoms with E-state index in [-0.39, 0.29) is 5.91 Å². The van der Waals surface area contributed by atoms with Gasteiger partial charge >= 0.3 is 0 Å². The van der Waals surface area contributed by atoms with Crippen LogP contribution in [0.4, 0.5) is 0 Å². The molecular formula is C6H9NO2. The van der Waals surface area contributed by atoms with Crippen LogP contribution in [0, 0.1) is 0 Å². The summed E-state index contributed by atoms with van der Waals surface area (Å²) in [7, 11) is 0. The van der Waals surface area contributed by atoms with Crippen molar-refractivity contribution >= 4 is 12.3 Å². The minimum absolute atomic E-state index is 0.0312. The molecule has 1 saturated heterocycles. The van der Waals surface area contributed by atoms with E-state index in [2.05, 4.69) is 0 Å². The molecule has 0 aromatic heterocycles. The third kappa shape index (κ3) is 1.28. The summed E-state index contributed by atoms with van der Waals surface area (Å²) >= 11 is 0. The number of carbonyl (C=O) groups is 2. The van der Waals surface area contributed by atoms with Crippen molar-refractivity contribution in [2.75, 3.05) is 6.54 Å². The molecule has 0 N–H and O–H groups in total. The number of piperidine rings is 1. The fourth-order valence-corrected chi connectivity index (χ4v) is 0.938. The predicted molar refractivity (Wildman–Crippen MR) is 31.6 cm³/mol. The maximum atomic E-state index is 10.7. The number of hydrogen-bond donors (Lipinski definition) is 0. The van der Waals surface area contributed by atoms with E-state index >= 15 is 0 Å². The lowest BCUT2D eigenvalue weighted by molar-refractivity contribution is -0.139. The van der Waals surface area contributed by atoms with Crippen LogP contribution < -0.4 is 0 Å². The highest BCUT2D eigenvalue weighted by Crippen LogP contribution is 2.07. The molecule has 1 aliphatic heterocycles. The first-order chi connectivity index (χ1) is 4.34. The largest absolute Gasteiger partial charge is 0.285 e. The van der Waals surface area contributed by atoms with Crippen molar-refractivity contribution in [2.24, 2.45) is 0 Å². The Morgan fingerprint density at radius 2 is 2.22 bits per heavy atom. The maximum absolute atomic E-state index is 10.7. The van der Waals surface area contributed by atoms with Crippen LogP contribution in [-0.2, 0) is 9.59 Å². The number of carbonyl (C=O) groups excluding carboxylic acids is 2. The van der Waals surface area contributed by atoms with Crippen molar-refractivity contribution in [3.05, 3.63) is 0 Å². The number of nitrogens with zero attached hydrogens (tertiary/aromatic N) is 1. The first kappa shape index (κ1) is 6.26. The zero-order valence-corrected chi connectivity index (χ0v) is 5.17. The fraction of sp³-hybridized carbons (Fsp3) is 0.667. The molecule has 50 valence electrons. The van der Waals surface area contributed by atoms with E-state index < -0.39 is 0 Å². The zero-order valence-electron chi connectivity index (χ0n) is 5.17. The molecule has 0 radical (unpaired) electrons. The standard InChI is InChI=1S/C6H9NO2/c8-5-7-4-2-1-3-6(7)9/h5H,1-4H2. The molecule has 3 nitrogen and oxygen atoms in total. The van der Waals surface area contributed by atoms with Crippen molar-refractivity contribution in [3.63, 3.8) is 0 Å². The van der Waals surface area contributed by atoms with E-state index in [0.717, 1.165) is 12.8 Å². The molecule has 1 aliphatic rings. The van der Waals surface area contributed by atoms with Gasteiger partial charge < -0.3 is 0 Å². The summed E-state index contributed by atoms with van der Waals surface area (Å²) in [5.74, 6) is -0.0312. The number of amides is 2. The maximum Gasteiger partial charge on any atom is 0.228 e. The van der Waals surface area contributed by atoms with Crippen molar-refractivity contribution < 1.29 is 9.59 Å². The molecule has 3 heteroatoms. The van der Waals surface area contributed by atoms with Crippen LogP contribution in [-0.4, -0.2) is 23.8 Å². The highest BCUT2D eigenvalue weighted by molar-refractivity contribution is 5.86. The quantitative estimate of drug-likeness (QED) is 0.470. The second-order valence-electron chi connectivity index (χ2n) is 2.15. The monoisotopic (exact) mass is 127 g/mol. The van der Waals surface area contributed by atoms with Gasteiger partial charge in [-0.25, -0.2) is 0 Å². The molecule has 0 aliphatic carbocycles. The van der Waals surface area contributed by atoms with Crippen molar-refractivity contribution in [3.8, 4) is 0 Å². The molecule has 0 saturated carbocycles. The molecule has 0 aromatic carbocycles. The van der Waals surface area contributed by atoms with Crippen LogP contribution >= 0.6 is 0 Å². The molecule has 0 spiro atoms. The van der Waals surface area contributed by atoms with Crippen LogP contribution in [0.1, 0.15) is 19.3 Å². The van der Waals surface area contributed by atoms with Gasteiger partial charge in [-0.15, -0.1) is 0 Å². The molecule has 0 aromatic rings. The molecule has 1 fully saturated rings. The third-order valence-corrected chi connectivity index (χ3v) is 1.49. The average molecular weight is 127 g/mol. The highest BCUT2D eigenvalue weighted by Gasteiger charge is 2.15. The molecular weight excluding hydrogens is 118 g/mol.